The van der Waals surface area contributed by atoms with Crippen LogP contribution >= 0.6 is 11.6 Å². The van der Waals surface area contributed by atoms with Crippen molar-refractivity contribution in [2.45, 2.75) is 50.0 Å². The van der Waals surface area contributed by atoms with E-state index >= 15 is 0 Å². The van der Waals surface area contributed by atoms with E-state index in [-0.39, 0.29) is 34.9 Å². The molecule has 2 fully saturated rings. The summed E-state index contributed by atoms with van der Waals surface area (Å²) >= 11 is 5.86. The summed E-state index contributed by atoms with van der Waals surface area (Å²) in [6, 6.07) is 7.57. The smallest absolute Gasteiger partial charge is 0.237 e. The molecule has 1 aromatic carbocycles. The Hall–Kier alpha value is -2.51. The summed E-state index contributed by atoms with van der Waals surface area (Å²) in [5.74, 6) is -0.611. The number of nitrogens with one attached hydrogen (secondary N) is 2. The monoisotopic (exact) mass is 458 g/mol. The fourth-order valence-electron chi connectivity index (χ4n) is 4.62. The van der Waals surface area contributed by atoms with Crippen LogP contribution in [-0.4, -0.2) is 29.4 Å². The fraction of sp³-hybridized carbons (Fsp3) is 0.458. The summed E-state index contributed by atoms with van der Waals surface area (Å²) in [4.78, 5) is 29.2. The molecule has 32 heavy (non-hydrogen) atoms. The number of anilines is 1. The largest absolute Gasteiger partial charge is 0.354 e. The molecule has 2 aliphatic carbocycles. The Kier molecular flexibility index (Phi) is 6.76. The second-order valence-corrected chi connectivity index (χ2v) is 9.42. The lowest BCUT2D eigenvalue weighted by Crippen LogP contribution is -2.48. The zero-order valence-electron chi connectivity index (χ0n) is 17.8. The average Bonchev–Trinajstić information content (AvgIpc) is 3.58. The number of carbonyl (C=O) groups excluding carboxylic acids is 2. The Labute approximate surface area is 192 Å². The van der Waals surface area contributed by atoms with Gasteiger partial charge in [-0.2, -0.15) is 0 Å². The number of nitrogens with zero attached hydrogens (tertiary/aromatic N) is 1. The predicted octanol–water partition coefficient (Wildman–Crippen LogP) is 3.79. The van der Waals surface area contributed by atoms with Gasteiger partial charge in [0.25, 0.3) is 0 Å². The summed E-state index contributed by atoms with van der Waals surface area (Å²) in [6.07, 6.45) is 7.75. The number of nitrogens with two attached hydrogens (primary N) is 1. The lowest BCUT2D eigenvalue weighted by Gasteiger charge is -2.31. The third kappa shape index (κ3) is 5.10. The maximum absolute atomic E-state index is 14.3. The normalized spacial score (nSPS) is 22.6. The van der Waals surface area contributed by atoms with Crippen molar-refractivity contribution in [3.63, 3.8) is 0 Å². The number of halogens is 2. The van der Waals surface area contributed by atoms with Gasteiger partial charge in [0.2, 0.25) is 11.8 Å². The van der Waals surface area contributed by atoms with Gasteiger partial charge in [0, 0.05) is 41.0 Å². The molecule has 0 radical (unpaired) electrons. The van der Waals surface area contributed by atoms with Crippen molar-refractivity contribution in [1.29, 1.82) is 0 Å². The van der Waals surface area contributed by atoms with Gasteiger partial charge in [-0.25, -0.2) is 4.39 Å². The number of benzene rings is 1. The van der Waals surface area contributed by atoms with Gasteiger partial charge in [0.05, 0.1) is 6.04 Å². The third-order valence-corrected chi connectivity index (χ3v) is 7.09. The van der Waals surface area contributed by atoms with Gasteiger partial charge in [-0.15, -0.1) is 0 Å². The number of hydrogen-bond acceptors (Lipinski definition) is 4. The highest BCUT2D eigenvalue weighted by Crippen LogP contribution is 2.48. The van der Waals surface area contributed by atoms with Crippen molar-refractivity contribution in [2.24, 2.45) is 17.6 Å². The van der Waals surface area contributed by atoms with E-state index in [1.54, 1.807) is 36.7 Å². The highest BCUT2D eigenvalue weighted by atomic mass is 35.5. The highest BCUT2D eigenvalue weighted by molar-refractivity contribution is 6.30. The molecular formula is C24H28ClFN4O2. The minimum atomic E-state index is -0.634. The number of rotatable bonds is 7. The number of hydrogen-bond donors (Lipinski definition) is 3. The first kappa shape index (κ1) is 22.7. The molecule has 1 heterocycles. The summed E-state index contributed by atoms with van der Waals surface area (Å²) in [6.45, 7) is 0.363. The molecule has 4 rings (SSSR count). The Morgan fingerprint density at radius 3 is 2.47 bits per heavy atom. The summed E-state index contributed by atoms with van der Waals surface area (Å²) in [5.41, 5.74) is 7.22. The molecule has 2 aliphatic rings. The van der Waals surface area contributed by atoms with E-state index in [4.69, 9.17) is 17.3 Å². The number of amides is 2. The molecule has 1 unspecified atom stereocenters. The fourth-order valence-corrected chi connectivity index (χ4v) is 4.78. The summed E-state index contributed by atoms with van der Waals surface area (Å²) in [5, 5.41) is 6.22. The first-order valence-electron chi connectivity index (χ1n) is 11.1. The summed E-state index contributed by atoms with van der Waals surface area (Å²) in [7, 11) is 0. The van der Waals surface area contributed by atoms with Crippen LogP contribution in [0.15, 0.2) is 42.7 Å². The molecule has 0 spiro atoms. The Morgan fingerprint density at radius 2 is 1.84 bits per heavy atom. The maximum atomic E-state index is 14.3. The quantitative estimate of drug-likeness (QED) is 0.588. The molecule has 2 saturated carbocycles. The van der Waals surface area contributed by atoms with Gasteiger partial charge in [0.1, 0.15) is 5.82 Å². The van der Waals surface area contributed by atoms with Crippen LogP contribution in [0.3, 0.4) is 0 Å². The lowest BCUT2D eigenvalue weighted by molar-refractivity contribution is -0.124. The molecule has 1 aromatic heterocycles. The van der Waals surface area contributed by atoms with Gasteiger partial charge in [-0.1, -0.05) is 17.7 Å². The Morgan fingerprint density at radius 1 is 1.16 bits per heavy atom. The molecule has 0 bridgehead atoms. The Bertz CT molecular complexity index is 975. The van der Waals surface area contributed by atoms with Crippen LogP contribution in [0.5, 0.6) is 0 Å². The zero-order valence-corrected chi connectivity index (χ0v) is 18.6. The molecule has 2 aromatic rings. The number of pyridine rings is 1. The van der Waals surface area contributed by atoms with Gasteiger partial charge < -0.3 is 16.4 Å². The number of carbonyl (C=O) groups is 2. The SMILES string of the molecule is NC(C(=O)NCC1(c2ccc(Cl)cc2F)CC1)C1CCC(C(=O)Nc2ccncc2)CC1. The van der Waals surface area contributed by atoms with E-state index in [0.717, 1.165) is 31.4 Å². The topological polar surface area (TPSA) is 97.1 Å². The maximum Gasteiger partial charge on any atom is 0.237 e. The molecule has 0 saturated heterocycles. The van der Waals surface area contributed by atoms with E-state index in [2.05, 4.69) is 15.6 Å². The molecular weight excluding hydrogens is 431 g/mol. The molecule has 1 atom stereocenters. The standard InChI is InChI=1S/C24H28ClFN4O2/c25-17-5-6-19(20(26)13-17)24(9-10-24)14-29-23(32)21(27)15-1-3-16(4-2-15)22(31)30-18-7-11-28-12-8-18/h5-8,11-13,15-16,21H,1-4,9-10,14,27H2,(H,29,32)(H,28,30,31). The van der Waals surface area contributed by atoms with Crippen molar-refractivity contribution in [3.8, 4) is 0 Å². The van der Waals surface area contributed by atoms with Crippen LogP contribution in [0.1, 0.15) is 44.1 Å². The Balaban J connectivity index is 1.26. The zero-order chi connectivity index (χ0) is 22.7. The minimum Gasteiger partial charge on any atom is -0.354 e. The summed E-state index contributed by atoms with van der Waals surface area (Å²) < 4.78 is 14.3. The van der Waals surface area contributed by atoms with Crippen LogP contribution in [0.4, 0.5) is 10.1 Å². The molecule has 4 N–H and O–H groups in total. The van der Waals surface area contributed by atoms with E-state index < -0.39 is 6.04 Å². The minimum absolute atomic E-state index is 0.00617. The van der Waals surface area contributed by atoms with Crippen molar-refractivity contribution in [1.82, 2.24) is 10.3 Å². The lowest BCUT2D eigenvalue weighted by atomic mass is 9.78. The van der Waals surface area contributed by atoms with Gasteiger partial charge in [-0.05, 0) is 74.3 Å². The van der Waals surface area contributed by atoms with Crippen LogP contribution in [0.25, 0.3) is 0 Å². The van der Waals surface area contributed by atoms with E-state index in [9.17, 15) is 14.0 Å². The van der Waals surface area contributed by atoms with Crippen LogP contribution in [0, 0.1) is 17.7 Å². The van der Waals surface area contributed by atoms with Crippen LogP contribution < -0.4 is 16.4 Å². The van der Waals surface area contributed by atoms with E-state index in [1.165, 1.54) is 6.07 Å². The second-order valence-electron chi connectivity index (χ2n) is 8.98. The van der Waals surface area contributed by atoms with Crippen molar-refractivity contribution < 1.29 is 14.0 Å². The molecule has 0 aliphatic heterocycles. The second kappa shape index (κ2) is 9.55. The van der Waals surface area contributed by atoms with Crippen LogP contribution in [-0.2, 0) is 15.0 Å². The van der Waals surface area contributed by atoms with Gasteiger partial charge in [-0.3, -0.25) is 14.6 Å². The molecule has 170 valence electrons. The first-order chi connectivity index (χ1) is 15.4. The van der Waals surface area contributed by atoms with E-state index in [0.29, 0.717) is 30.0 Å². The number of aromatic nitrogens is 1. The first-order valence-corrected chi connectivity index (χ1v) is 11.5. The van der Waals surface area contributed by atoms with Crippen LogP contribution in [0.2, 0.25) is 5.02 Å². The molecule has 6 nitrogen and oxygen atoms in total. The van der Waals surface area contributed by atoms with E-state index in [1.807, 2.05) is 0 Å². The average molecular weight is 459 g/mol. The molecule has 8 heteroatoms. The van der Waals surface area contributed by atoms with Crippen molar-refractivity contribution in [2.75, 3.05) is 11.9 Å². The highest BCUT2D eigenvalue weighted by Gasteiger charge is 2.46. The van der Waals surface area contributed by atoms with Crippen molar-refractivity contribution in [3.05, 3.63) is 59.1 Å². The van der Waals surface area contributed by atoms with Crippen molar-refractivity contribution >= 4 is 29.1 Å². The molecule has 2 amide bonds. The predicted molar refractivity (Wildman–Crippen MR) is 122 cm³/mol. The third-order valence-electron chi connectivity index (χ3n) is 6.86. The van der Waals surface area contributed by atoms with Gasteiger partial charge >= 0.3 is 0 Å². The van der Waals surface area contributed by atoms with Gasteiger partial charge in [0.15, 0.2) is 0 Å².